The van der Waals surface area contributed by atoms with Gasteiger partial charge in [0, 0.05) is 0 Å². The van der Waals surface area contributed by atoms with Crippen molar-refractivity contribution in [2.24, 2.45) is 0 Å². The van der Waals surface area contributed by atoms with Crippen LogP contribution in [0.15, 0.2) is 24.3 Å². The van der Waals surface area contributed by atoms with Gasteiger partial charge in [-0.2, -0.15) is 0 Å². The number of rotatable bonds is 2. The molecule has 1 fully saturated rings. The lowest BCUT2D eigenvalue weighted by molar-refractivity contribution is 0.609. The van der Waals surface area contributed by atoms with Crippen LogP contribution in [0.4, 0.5) is 0 Å². The van der Waals surface area contributed by atoms with E-state index in [-0.39, 0.29) is 0 Å². The lowest BCUT2D eigenvalue weighted by Gasteiger charge is -2.15. The topological polar surface area (TPSA) is 12.0 Å². The number of nitrogens with one attached hydrogen (secondary N) is 1. The Hall–Kier alpha value is -0.820. The largest absolute Gasteiger partial charge is 0.317 e. The van der Waals surface area contributed by atoms with Gasteiger partial charge >= 0.3 is 0 Å². The first-order chi connectivity index (χ1) is 7.77. The Bertz CT molecular complexity index is 305. The SMILES string of the molecule is CC(C)c1ccc(C2CCCNCC2)cc1. The summed E-state index contributed by atoms with van der Waals surface area (Å²) in [5, 5.41) is 3.48. The van der Waals surface area contributed by atoms with Crippen LogP contribution in [0.3, 0.4) is 0 Å². The van der Waals surface area contributed by atoms with Crippen molar-refractivity contribution < 1.29 is 0 Å². The standard InChI is InChI=1S/C15H23N/c1-12(2)13-5-7-15(8-6-13)14-4-3-10-16-11-9-14/h5-8,12,14,16H,3-4,9-11H2,1-2H3. The number of benzene rings is 1. The second-order valence-corrected chi connectivity index (χ2v) is 5.20. The van der Waals surface area contributed by atoms with E-state index in [0.29, 0.717) is 5.92 Å². The first-order valence-electron chi connectivity index (χ1n) is 6.58. The Balaban J connectivity index is 2.07. The van der Waals surface area contributed by atoms with E-state index in [1.165, 1.54) is 43.5 Å². The van der Waals surface area contributed by atoms with Gasteiger partial charge in [0.05, 0.1) is 0 Å². The molecule has 88 valence electrons. The lowest BCUT2D eigenvalue weighted by atomic mass is 9.90. The molecular formula is C15H23N. The van der Waals surface area contributed by atoms with Gasteiger partial charge in [0.2, 0.25) is 0 Å². The van der Waals surface area contributed by atoms with E-state index in [1.807, 2.05) is 0 Å². The Morgan fingerprint density at radius 3 is 2.50 bits per heavy atom. The van der Waals surface area contributed by atoms with Crippen LogP contribution in [-0.2, 0) is 0 Å². The molecule has 1 unspecified atom stereocenters. The summed E-state index contributed by atoms with van der Waals surface area (Å²) in [4.78, 5) is 0. The summed E-state index contributed by atoms with van der Waals surface area (Å²) in [6, 6.07) is 9.28. The molecule has 1 atom stereocenters. The Kier molecular flexibility index (Phi) is 4.00. The van der Waals surface area contributed by atoms with Crippen LogP contribution in [0.2, 0.25) is 0 Å². The molecule has 0 amide bonds. The Morgan fingerprint density at radius 1 is 1.06 bits per heavy atom. The van der Waals surface area contributed by atoms with Crippen molar-refractivity contribution in [3.05, 3.63) is 35.4 Å². The highest BCUT2D eigenvalue weighted by Gasteiger charge is 2.13. The predicted molar refractivity (Wildman–Crippen MR) is 70.0 cm³/mol. The lowest BCUT2D eigenvalue weighted by Crippen LogP contribution is -2.13. The fourth-order valence-corrected chi connectivity index (χ4v) is 2.51. The minimum absolute atomic E-state index is 0.643. The third-order valence-corrected chi connectivity index (χ3v) is 3.65. The molecule has 1 heteroatoms. The van der Waals surface area contributed by atoms with Gasteiger partial charge in [-0.05, 0) is 55.3 Å². The molecule has 1 nitrogen and oxygen atoms in total. The average Bonchev–Trinajstić information content (AvgIpc) is 2.57. The van der Waals surface area contributed by atoms with Crippen molar-refractivity contribution in [1.29, 1.82) is 0 Å². The first kappa shape index (κ1) is 11.7. The van der Waals surface area contributed by atoms with E-state index in [9.17, 15) is 0 Å². The highest BCUT2D eigenvalue weighted by Crippen LogP contribution is 2.27. The van der Waals surface area contributed by atoms with Gasteiger partial charge < -0.3 is 5.32 Å². The van der Waals surface area contributed by atoms with Gasteiger partial charge in [-0.25, -0.2) is 0 Å². The Labute approximate surface area is 99.3 Å². The van der Waals surface area contributed by atoms with E-state index in [2.05, 4.69) is 43.4 Å². The zero-order valence-electron chi connectivity index (χ0n) is 10.5. The molecule has 0 aliphatic carbocycles. The second-order valence-electron chi connectivity index (χ2n) is 5.20. The van der Waals surface area contributed by atoms with E-state index in [4.69, 9.17) is 0 Å². The molecule has 0 bridgehead atoms. The van der Waals surface area contributed by atoms with E-state index in [1.54, 1.807) is 0 Å². The predicted octanol–water partition coefficient (Wildman–Crippen LogP) is 3.67. The van der Waals surface area contributed by atoms with Crippen molar-refractivity contribution in [2.45, 2.75) is 44.9 Å². The van der Waals surface area contributed by atoms with Crippen LogP contribution in [0.25, 0.3) is 0 Å². The monoisotopic (exact) mass is 217 g/mol. The normalized spacial score (nSPS) is 22.1. The fourth-order valence-electron chi connectivity index (χ4n) is 2.51. The molecule has 1 aromatic carbocycles. The van der Waals surface area contributed by atoms with Crippen molar-refractivity contribution in [1.82, 2.24) is 5.32 Å². The summed E-state index contributed by atoms with van der Waals surface area (Å²) in [5.41, 5.74) is 2.99. The molecule has 0 radical (unpaired) electrons. The van der Waals surface area contributed by atoms with Gasteiger partial charge in [0.25, 0.3) is 0 Å². The summed E-state index contributed by atoms with van der Waals surface area (Å²) >= 11 is 0. The van der Waals surface area contributed by atoms with Crippen molar-refractivity contribution in [3.63, 3.8) is 0 Å². The maximum atomic E-state index is 3.48. The smallest absolute Gasteiger partial charge is 0.00431 e. The minimum Gasteiger partial charge on any atom is -0.317 e. The molecule has 1 heterocycles. The third-order valence-electron chi connectivity index (χ3n) is 3.65. The molecule has 1 aliphatic rings. The Morgan fingerprint density at radius 2 is 1.81 bits per heavy atom. The summed E-state index contributed by atoms with van der Waals surface area (Å²) in [6.07, 6.45) is 3.95. The summed E-state index contributed by atoms with van der Waals surface area (Å²) in [7, 11) is 0. The number of hydrogen-bond acceptors (Lipinski definition) is 1. The molecule has 1 aliphatic heterocycles. The molecule has 2 rings (SSSR count). The molecule has 0 aromatic heterocycles. The third kappa shape index (κ3) is 2.85. The van der Waals surface area contributed by atoms with Crippen LogP contribution in [0.1, 0.15) is 56.1 Å². The molecular weight excluding hydrogens is 194 g/mol. The first-order valence-corrected chi connectivity index (χ1v) is 6.58. The summed E-state index contributed by atoms with van der Waals surface area (Å²) in [6.45, 7) is 6.88. The molecule has 1 aromatic rings. The van der Waals surface area contributed by atoms with Crippen molar-refractivity contribution in [2.75, 3.05) is 13.1 Å². The van der Waals surface area contributed by atoms with Gasteiger partial charge in [-0.3, -0.25) is 0 Å². The van der Waals surface area contributed by atoms with Crippen molar-refractivity contribution in [3.8, 4) is 0 Å². The highest BCUT2D eigenvalue weighted by atomic mass is 14.8. The van der Waals surface area contributed by atoms with Crippen LogP contribution in [-0.4, -0.2) is 13.1 Å². The van der Waals surface area contributed by atoms with Crippen LogP contribution in [0.5, 0.6) is 0 Å². The van der Waals surface area contributed by atoms with Gasteiger partial charge in [-0.15, -0.1) is 0 Å². The zero-order valence-corrected chi connectivity index (χ0v) is 10.5. The minimum atomic E-state index is 0.643. The zero-order chi connectivity index (χ0) is 11.4. The van der Waals surface area contributed by atoms with E-state index < -0.39 is 0 Å². The van der Waals surface area contributed by atoms with Crippen molar-refractivity contribution >= 4 is 0 Å². The maximum Gasteiger partial charge on any atom is -0.00431 e. The fraction of sp³-hybridized carbons (Fsp3) is 0.600. The van der Waals surface area contributed by atoms with E-state index >= 15 is 0 Å². The second kappa shape index (κ2) is 5.49. The van der Waals surface area contributed by atoms with Gasteiger partial charge in [0.1, 0.15) is 0 Å². The van der Waals surface area contributed by atoms with Crippen LogP contribution in [0, 0.1) is 0 Å². The van der Waals surface area contributed by atoms with Gasteiger partial charge in [0.15, 0.2) is 0 Å². The highest BCUT2D eigenvalue weighted by molar-refractivity contribution is 5.27. The molecule has 16 heavy (non-hydrogen) atoms. The molecule has 0 saturated carbocycles. The molecule has 1 N–H and O–H groups in total. The van der Waals surface area contributed by atoms with Crippen LogP contribution < -0.4 is 5.32 Å². The summed E-state index contributed by atoms with van der Waals surface area (Å²) < 4.78 is 0. The molecule has 1 saturated heterocycles. The average molecular weight is 217 g/mol. The van der Waals surface area contributed by atoms with Gasteiger partial charge in [-0.1, -0.05) is 38.1 Å². The number of hydrogen-bond donors (Lipinski definition) is 1. The molecule has 0 spiro atoms. The van der Waals surface area contributed by atoms with E-state index in [0.717, 1.165) is 5.92 Å². The maximum absolute atomic E-state index is 3.48. The quantitative estimate of drug-likeness (QED) is 0.797. The van der Waals surface area contributed by atoms with Crippen LogP contribution >= 0.6 is 0 Å². The summed E-state index contributed by atoms with van der Waals surface area (Å²) in [5.74, 6) is 1.42.